The maximum absolute atomic E-state index is 13.6. The summed E-state index contributed by atoms with van der Waals surface area (Å²) in [5.74, 6) is -1.74. The van der Waals surface area contributed by atoms with Crippen LogP contribution in [0.2, 0.25) is 0 Å². The Morgan fingerprint density at radius 2 is 1.97 bits per heavy atom. The lowest BCUT2D eigenvalue weighted by atomic mass is 9.85. The lowest BCUT2D eigenvalue weighted by Gasteiger charge is -2.35. The molecule has 4 aromatic rings. The second kappa shape index (κ2) is 8.34. The highest BCUT2D eigenvalue weighted by molar-refractivity contribution is 5.94. The summed E-state index contributed by atoms with van der Waals surface area (Å²) >= 11 is 0. The van der Waals surface area contributed by atoms with Gasteiger partial charge in [-0.05, 0) is 43.2 Å². The van der Waals surface area contributed by atoms with Gasteiger partial charge in [0.1, 0.15) is 6.61 Å². The van der Waals surface area contributed by atoms with Crippen LogP contribution in [0.4, 0.5) is 5.69 Å². The molecule has 0 aliphatic carbocycles. The van der Waals surface area contributed by atoms with Gasteiger partial charge in [-0.25, -0.2) is 14.6 Å². The number of ether oxygens (including phenoxy) is 2. The third kappa shape index (κ3) is 3.41. The van der Waals surface area contributed by atoms with Crippen LogP contribution < -0.4 is 5.56 Å². The Kier molecular flexibility index (Phi) is 5.16. The van der Waals surface area contributed by atoms with Crippen LogP contribution in [0.15, 0.2) is 59.4 Å². The van der Waals surface area contributed by atoms with Gasteiger partial charge in [0.25, 0.3) is 11.2 Å². The lowest BCUT2D eigenvalue weighted by Crippen LogP contribution is -2.47. The molecule has 4 heterocycles. The maximum Gasteiger partial charge on any atom is 0.355 e. The monoisotopic (exact) mass is 511 g/mol. The molecular formula is C28H21N3O7. The van der Waals surface area contributed by atoms with Crippen molar-refractivity contribution < 1.29 is 24.0 Å². The quantitative estimate of drug-likeness (QED) is 0.200. The summed E-state index contributed by atoms with van der Waals surface area (Å²) in [6.45, 7) is 3.32. The van der Waals surface area contributed by atoms with Crippen molar-refractivity contribution in [3.05, 3.63) is 103 Å². The summed E-state index contributed by atoms with van der Waals surface area (Å²) < 4.78 is 12.8. The molecule has 190 valence electrons. The Balaban J connectivity index is 1.50. The second-order valence-electron chi connectivity index (χ2n) is 9.46. The summed E-state index contributed by atoms with van der Waals surface area (Å²) in [5.41, 5.74) is 1.08. The molecule has 2 aromatic carbocycles. The highest BCUT2D eigenvalue weighted by Gasteiger charge is 2.50. The van der Waals surface area contributed by atoms with Crippen LogP contribution in [-0.2, 0) is 33.0 Å². The number of nitrogens with zero attached hydrogens (tertiary/aromatic N) is 3. The lowest BCUT2D eigenvalue weighted by molar-refractivity contribution is -0.384. The molecule has 0 bridgehead atoms. The minimum absolute atomic E-state index is 0.0145. The number of nitro groups is 1. The zero-order valence-corrected chi connectivity index (χ0v) is 20.5. The van der Waals surface area contributed by atoms with E-state index in [-0.39, 0.29) is 41.0 Å². The zero-order valence-electron chi connectivity index (χ0n) is 20.5. The summed E-state index contributed by atoms with van der Waals surface area (Å²) in [6, 6.07) is 15.2. The largest absolute Gasteiger partial charge is 0.457 e. The van der Waals surface area contributed by atoms with E-state index in [4.69, 9.17) is 14.5 Å². The topological polar surface area (TPSA) is 131 Å². The molecule has 0 spiro atoms. The van der Waals surface area contributed by atoms with Crippen molar-refractivity contribution in [3.8, 4) is 11.4 Å². The number of para-hydroxylation sites is 1. The third-order valence-corrected chi connectivity index (χ3v) is 7.16. The third-order valence-electron chi connectivity index (χ3n) is 7.16. The predicted octanol–water partition coefficient (Wildman–Crippen LogP) is 4.16. The standard InChI is InChI=1S/C28H21N3O7/c1-3-28(38-26(33)17-8-15(2)9-19(11-17)31(35)36)21-12-23-24-18(10-16-6-4-5-7-22(16)29-24)13-30(23)25(32)20(21)14-37-27(28)34/h4-12H,3,13-14H2,1-2H3/t28-/m0/s1. The van der Waals surface area contributed by atoms with Gasteiger partial charge >= 0.3 is 11.9 Å². The van der Waals surface area contributed by atoms with Gasteiger partial charge in [0.15, 0.2) is 0 Å². The van der Waals surface area contributed by atoms with E-state index in [0.29, 0.717) is 23.5 Å². The molecule has 2 aliphatic heterocycles. The highest BCUT2D eigenvalue weighted by Crippen LogP contribution is 2.41. The summed E-state index contributed by atoms with van der Waals surface area (Å²) in [7, 11) is 0. The van der Waals surface area contributed by atoms with Gasteiger partial charge in [0.05, 0.1) is 39.5 Å². The van der Waals surface area contributed by atoms with E-state index in [1.54, 1.807) is 24.5 Å². The smallest absolute Gasteiger partial charge is 0.355 e. The fourth-order valence-corrected chi connectivity index (χ4v) is 5.29. The van der Waals surface area contributed by atoms with E-state index in [9.17, 15) is 24.5 Å². The molecule has 10 nitrogen and oxygen atoms in total. The molecule has 2 aliphatic rings. The molecule has 0 amide bonds. The van der Waals surface area contributed by atoms with Gasteiger partial charge in [-0.1, -0.05) is 25.1 Å². The van der Waals surface area contributed by atoms with Gasteiger partial charge in [-0.3, -0.25) is 14.9 Å². The molecular weight excluding hydrogens is 490 g/mol. The first-order valence-corrected chi connectivity index (χ1v) is 12.0. The molecule has 0 saturated heterocycles. The van der Waals surface area contributed by atoms with Crippen LogP contribution in [0.3, 0.4) is 0 Å². The molecule has 10 heteroatoms. The molecule has 0 fully saturated rings. The number of rotatable bonds is 4. The van der Waals surface area contributed by atoms with E-state index in [0.717, 1.165) is 22.5 Å². The first kappa shape index (κ1) is 23.5. The van der Waals surface area contributed by atoms with Gasteiger partial charge in [-0.15, -0.1) is 0 Å². The minimum Gasteiger partial charge on any atom is -0.457 e. The molecule has 0 unspecified atom stereocenters. The number of carbonyl (C=O) groups excluding carboxylic acids is 2. The fraction of sp³-hybridized carbons (Fsp3) is 0.214. The normalized spacial score (nSPS) is 17.4. The van der Waals surface area contributed by atoms with Crippen molar-refractivity contribution in [2.45, 2.75) is 39.0 Å². The van der Waals surface area contributed by atoms with Gasteiger partial charge in [0, 0.05) is 28.6 Å². The van der Waals surface area contributed by atoms with Crippen LogP contribution in [0.5, 0.6) is 0 Å². The van der Waals surface area contributed by atoms with Crippen molar-refractivity contribution in [3.63, 3.8) is 0 Å². The van der Waals surface area contributed by atoms with Gasteiger partial charge < -0.3 is 14.0 Å². The number of pyridine rings is 2. The Morgan fingerprint density at radius 3 is 2.74 bits per heavy atom. The predicted molar refractivity (Wildman–Crippen MR) is 136 cm³/mol. The fourth-order valence-electron chi connectivity index (χ4n) is 5.29. The zero-order chi connectivity index (χ0) is 26.8. The van der Waals surface area contributed by atoms with Crippen LogP contribution in [0.1, 0.15) is 46.0 Å². The Labute approximate surface area is 215 Å². The molecule has 0 radical (unpaired) electrons. The Hall–Kier alpha value is -4.86. The van der Waals surface area contributed by atoms with E-state index < -0.39 is 22.5 Å². The van der Waals surface area contributed by atoms with E-state index >= 15 is 0 Å². The van der Waals surface area contributed by atoms with E-state index in [2.05, 4.69) is 0 Å². The van der Waals surface area contributed by atoms with Crippen molar-refractivity contribution in [2.24, 2.45) is 0 Å². The van der Waals surface area contributed by atoms with Crippen molar-refractivity contribution in [1.29, 1.82) is 0 Å². The first-order chi connectivity index (χ1) is 18.2. The molecule has 0 saturated carbocycles. The molecule has 2 aromatic heterocycles. The maximum atomic E-state index is 13.6. The minimum atomic E-state index is -1.91. The first-order valence-electron chi connectivity index (χ1n) is 12.0. The second-order valence-corrected chi connectivity index (χ2v) is 9.46. The number of cyclic esters (lactones) is 1. The number of carbonyl (C=O) groups is 2. The summed E-state index contributed by atoms with van der Waals surface area (Å²) in [4.78, 5) is 55.6. The number of aromatic nitrogens is 2. The molecule has 0 N–H and O–H groups in total. The Morgan fingerprint density at radius 1 is 1.18 bits per heavy atom. The van der Waals surface area contributed by atoms with Crippen molar-refractivity contribution in [1.82, 2.24) is 9.55 Å². The van der Waals surface area contributed by atoms with Crippen LogP contribution >= 0.6 is 0 Å². The number of esters is 2. The number of aryl methyl sites for hydroxylation is 1. The van der Waals surface area contributed by atoms with E-state index in [1.165, 1.54) is 12.1 Å². The number of benzene rings is 2. The number of hydrogen-bond donors (Lipinski definition) is 0. The summed E-state index contributed by atoms with van der Waals surface area (Å²) in [5, 5.41) is 12.3. The van der Waals surface area contributed by atoms with Crippen molar-refractivity contribution >= 4 is 28.5 Å². The Bertz CT molecular complexity index is 1770. The molecule has 6 rings (SSSR count). The van der Waals surface area contributed by atoms with E-state index in [1.807, 2.05) is 30.3 Å². The number of non-ortho nitro benzene ring substituents is 1. The average molecular weight is 511 g/mol. The van der Waals surface area contributed by atoms with Crippen LogP contribution in [0.25, 0.3) is 22.3 Å². The number of nitro benzene ring substituents is 1. The van der Waals surface area contributed by atoms with Gasteiger partial charge in [0.2, 0.25) is 5.60 Å². The SMILES string of the molecule is CC[C@@]1(OC(=O)c2cc(C)cc([N+](=O)[O-])c2)C(=O)OCc2c1cc1n(c2=O)Cc2cc3ccccc3nc2-1. The summed E-state index contributed by atoms with van der Waals surface area (Å²) in [6.07, 6.45) is -0.0145. The molecule has 38 heavy (non-hydrogen) atoms. The highest BCUT2D eigenvalue weighted by atomic mass is 16.6. The van der Waals surface area contributed by atoms with Crippen LogP contribution in [0, 0.1) is 17.0 Å². The van der Waals surface area contributed by atoms with Crippen LogP contribution in [-0.4, -0.2) is 26.4 Å². The number of hydrogen-bond acceptors (Lipinski definition) is 8. The van der Waals surface area contributed by atoms with Crippen molar-refractivity contribution in [2.75, 3.05) is 0 Å². The number of fused-ring (bicyclic) bond motifs is 5. The average Bonchev–Trinajstić information content (AvgIpc) is 3.26. The van der Waals surface area contributed by atoms with Gasteiger partial charge in [-0.2, -0.15) is 0 Å². The molecule has 1 atom stereocenters.